The molecule has 2 amide bonds. The molecule has 88 valence electrons. The van der Waals surface area contributed by atoms with Gasteiger partial charge in [0.15, 0.2) is 0 Å². The van der Waals surface area contributed by atoms with Gasteiger partial charge in [-0.15, -0.1) is 0 Å². The Morgan fingerprint density at radius 2 is 2.00 bits per heavy atom. The van der Waals surface area contributed by atoms with Gasteiger partial charge >= 0.3 is 6.03 Å². The lowest BCUT2D eigenvalue weighted by Gasteiger charge is -2.21. The van der Waals surface area contributed by atoms with Gasteiger partial charge in [-0.25, -0.2) is 4.79 Å². The van der Waals surface area contributed by atoms with E-state index in [1.165, 1.54) is 0 Å². The molecule has 4 heteroatoms. The summed E-state index contributed by atoms with van der Waals surface area (Å²) in [4.78, 5) is 14.8. The van der Waals surface area contributed by atoms with E-state index in [0.717, 1.165) is 11.3 Å². The van der Waals surface area contributed by atoms with Crippen LogP contribution in [0, 0.1) is 0 Å². The molecule has 16 heavy (non-hydrogen) atoms. The fourth-order valence-corrected chi connectivity index (χ4v) is 1.45. The third-order valence-corrected chi connectivity index (χ3v) is 2.26. The standard InChI is InChI=1S/C12H18N2O2/c1-13(2)12(15)14(3)9-10-6-5-7-11(8-10)16-4/h5-8H,9H2,1-4H3. The minimum absolute atomic E-state index is 0.0113. The van der Waals surface area contributed by atoms with Crippen LogP contribution in [-0.4, -0.2) is 44.1 Å². The third kappa shape index (κ3) is 3.15. The van der Waals surface area contributed by atoms with E-state index in [2.05, 4.69) is 0 Å². The average molecular weight is 222 g/mol. The molecule has 0 atom stereocenters. The van der Waals surface area contributed by atoms with Crippen LogP contribution in [-0.2, 0) is 6.54 Å². The van der Waals surface area contributed by atoms with Gasteiger partial charge in [0.25, 0.3) is 0 Å². The molecule has 0 spiro atoms. The SMILES string of the molecule is COc1cccc(CN(C)C(=O)N(C)C)c1. The van der Waals surface area contributed by atoms with Gasteiger partial charge in [-0.1, -0.05) is 12.1 Å². The summed E-state index contributed by atoms with van der Waals surface area (Å²) < 4.78 is 5.13. The number of methoxy groups -OCH3 is 1. The van der Waals surface area contributed by atoms with Crippen LogP contribution in [0.25, 0.3) is 0 Å². The van der Waals surface area contributed by atoms with Gasteiger partial charge in [-0.05, 0) is 17.7 Å². The van der Waals surface area contributed by atoms with Crippen LogP contribution in [0.15, 0.2) is 24.3 Å². The number of carbonyl (C=O) groups excluding carboxylic acids is 1. The van der Waals surface area contributed by atoms with Crippen molar-refractivity contribution in [3.8, 4) is 5.75 Å². The molecule has 4 nitrogen and oxygen atoms in total. The molecular formula is C12H18N2O2. The van der Waals surface area contributed by atoms with Crippen molar-refractivity contribution in [2.24, 2.45) is 0 Å². The molecule has 0 aliphatic carbocycles. The molecule has 0 saturated heterocycles. The molecule has 0 radical (unpaired) electrons. The highest BCUT2D eigenvalue weighted by Gasteiger charge is 2.10. The summed E-state index contributed by atoms with van der Waals surface area (Å²) in [7, 11) is 6.89. The van der Waals surface area contributed by atoms with E-state index < -0.39 is 0 Å². The number of urea groups is 1. The third-order valence-electron chi connectivity index (χ3n) is 2.26. The van der Waals surface area contributed by atoms with Crippen LogP contribution in [0.1, 0.15) is 5.56 Å². The number of benzene rings is 1. The largest absolute Gasteiger partial charge is 0.497 e. The van der Waals surface area contributed by atoms with Gasteiger partial charge in [-0.2, -0.15) is 0 Å². The maximum Gasteiger partial charge on any atom is 0.319 e. The molecule has 1 rings (SSSR count). The topological polar surface area (TPSA) is 32.8 Å². The second-order valence-electron chi connectivity index (χ2n) is 3.88. The highest BCUT2D eigenvalue weighted by molar-refractivity contribution is 5.73. The zero-order valence-electron chi connectivity index (χ0n) is 10.2. The molecule has 0 unspecified atom stereocenters. The Hall–Kier alpha value is -1.71. The van der Waals surface area contributed by atoms with Crippen molar-refractivity contribution in [1.82, 2.24) is 9.80 Å². The van der Waals surface area contributed by atoms with E-state index in [0.29, 0.717) is 6.54 Å². The molecule has 0 aromatic heterocycles. The van der Waals surface area contributed by atoms with Crippen LogP contribution in [0.5, 0.6) is 5.75 Å². The molecule has 0 saturated carbocycles. The maximum atomic E-state index is 11.6. The first-order chi connectivity index (χ1) is 7.54. The molecule has 1 aromatic rings. The maximum absolute atomic E-state index is 11.6. The summed E-state index contributed by atoms with van der Waals surface area (Å²) in [6.07, 6.45) is 0. The summed E-state index contributed by atoms with van der Waals surface area (Å²) in [5.41, 5.74) is 1.05. The predicted octanol–water partition coefficient (Wildman–Crippen LogP) is 1.81. The Kier molecular flexibility index (Phi) is 4.17. The zero-order valence-corrected chi connectivity index (χ0v) is 10.2. The highest BCUT2D eigenvalue weighted by atomic mass is 16.5. The van der Waals surface area contributed by atoms with Gasteiger partial charge < -0.3 is 14.5 Å². The summed E-state index contributed by atoms with van der Waals surface area (Å²) in [6.45, 7) is 0.578. The van der Waals surface area contributed by atoms with Crippen LogP contribution >= 0.6 is 0 Å². The van der Waals surface area contributed by atoms with E-state index in [1.807, 2.05) is 24.3 Å². The summed E-state index contributed by atoms with van der Waals surface area (Å²) in [5.74, 6) is 0.809. The average Bonchev–Trinajstić information content (AvgIpc) is 2.28. The van der Waals surface area contributed by atoms with Crippen molar-refractivity contribution in [3.05, 3.63) is 29.8 Å². The quantitative estimate of drug-likeness (QED) is 0.781. The Bertz CT molecular complexity index is 364. The van der Waals surface area contributed by atoms with E-state index >= 15 is 0 Å². The minimum atomic E-state index is -0.0113. The normalized spacial score (nSPS) is 9.75. The number of carbonyl (C=O) groups is 1. The number of hydrogen-bond acceptors (Lipinski definition) is 2. The molecule has 1 aromatic carbocycles. The van der Waals surface area contributed by atoms with Crippen LogP contribution in [0.4, 0.5) is 4.79 Å². The van der Waals surface area contributed by atoms with Crippen molar-refractivity contribution in [2.75, 3.05) is 28.3 Å². The molecule has 0 aliphatic rings. The number of ether oxygens (including phenoxy) is 1. The summed E-state index contributed by atoms with van der Waals surface area (Å²) >= 11 is 0. The van der Waals surface area contributed by atoms with E-state index in [9.17, 15) is 4.79 Å². The smallest absolute Gasteiger partial charge is 0.319 e. The lowest BCUT2D eigenvalue weighted by Crippen LogP contribution is -2.35. The molecule has 0 heterocycles. The molecule has 0 N–H and O–H groups in total. The predicted molar refractivity (Wildman–Crippen MR) is 63.5 cm³/mol. The lowest BCUT2D eigenvalue weighted by atomic mass is 10.2. The van der Waals surface area contributed by atoms with Crippen molar-refractivity contribution >= 4 is 6.03 Å². The molecule has 0 aliphatic heterocycles. The van der Waals surface area contributed by atoms with Crippen LogP contribution in [0.3, 0.4) is 0 Å². The second kappa shape index (κ2) is 5.39. The Labute approximate surface area is 96.4 Å². The summed E-state index contributed by atoms with van der Waals surface area (Å²) in [5, 5.41) is 0. The monoisotopic (exact) mass is 222 g/mol. The van der Waals surface area contributed by atoms with Crippen molar-refractivity contribution in [1.29, 1.82) is 0 Å². The first kappa shape index (κ1) is 12.4. The van der Waals surface area contributed by atoms with Crippen LogP contribution in [0.2, 0.25) is 0 Å². The van der Waals surface area contributed by atoms with Crippen molar-refractivity contribution < 1.29 is 9.53 Å². The van der Waals surface area contributed by atoms with E-state index in [1.54, 1.807) is 38.1 Å². The highest BCUT2D eigenvalue weighted by Crippen LogP contribution is 2.14. The summed E-state index contributed by atoms with van der Waals surface area (Å²) in [6, 6.07) is 7.70. The van der Waals surface area contributed by atoms with Crippen molar-refractivity contribution in [2.45, 2.75) is 6.54 Å². The fourth-order valence-electron chi connectivity index (χ4n) is 1.45. The fraction of sp³-hybridized carbons (Fsp3) is 0.417. The molecular weight excluding hydrogens is 204 g/mol. The minimum Gasteiger partial charge on any atom is -0.497 e. The van der Waals surface area contributed by atoms with Gasteiger partial charge in [0.2, 0.25) is 0 Å². The lowest BCUT2D eigenvalue weighted by molar-refractivity contribution is 0.180. The second-order valence-corrected chi connectivity index (χ2v) is 3.88. The van der Waals surface area contributed by atoms with E-state index in [4.69, 9.17) is 4.74 Å². The number of nitrogens with zero attached hydrogens (tertiary/aromatic N) is 2. The van der Waals surface area contributed by atoms with Crippen LogP contribution < -0.4 is 4.74 Å². The first-order valence-electron chi connectivity index (χ1n) is 5.10. The molecule has 0 bridgehead atoms. The number of rotatable bonds is 3. The molecule has 0 fully saturated rings. The number of hydrogen-bond donors (Lipinski definition) is 0. The van der Waals surface area contributed by atoms with Crippen molar-refractivity contribution in [3.63, 3.8) is 0 Å². The van der Waals surface area contributed by atoms with Gasteiger partial charge in [0.1, 0.15) is 5.75 Å². The Morgan fingerprint density at radius 3 is 2.56 bits per heavy atom. The Balaban J connectivity index is 2.69. The van der Waals surface area contributed by atoms with Gasteiger partial charge in [0.05, 0.1) is 7.11 Å². The van der Waals surface area contributed by atoms with Gasteiger partial charge in [0, 0.05) is 27.7 Å². The Morgan fingerprint density at radius 1 is 1.31 bits per heavy atom. The van der Waals surface area contributed by atoms with E-state index in [-0.39, 0.29) is 6.03 Å². The van der Waals surface area contributed by atoms with Gasteiger partial charge in [-0.3, -0.25) is 0 Å². The number of amides is 2. The zero-order chi connectivity index (χ0) is 12.1. The first-order valence-corrected chi connectivity index (χ1v) is 5.10.